The van der Waals surface area contributed by atoms with Crippen molar-refractivity contribution in [2.45, 2.75) is 58.8 Å². The average Bonchev–Trinajstić information content (AvgIpc) is 2.63. The summed E-state index contributed by atoms with van der Waals surface area (Å²) in [5.41, 5.74) is -0.856. The van der Waals surface area contributed by atoms with E-state index in [1.54, 1.807) is 6.92 Å². The molecule has 1 amide bonds. The van der Waals surface area contributed by atoms with Gasteiger partial charge >= 0.3 is 0 Å². The van der Waals surface area contributed by atoms with Crippen molar-refractivity contribution >= 4 is 5.91 Å². The van der Waals surface area contributed by atoms with Gasteiger partial charge in [-0.15, -0.1) is 0 Å². The van der Waals surface area contributed by atoms with Crippen LogP contribution in [0.3, 0.4) is 0 Å². The van der Waals surface area contributed by atoms with Gasteiger partial charge < -0.3 is 5.32 Å². The summed E-state index contributed by atoms with van der Waals surface area (Å²) < 4.78 is 0. The molecule has 3 nitrogen and oxygen atoms in total. The molecule has 17 heavy (non-hydrogen) atoms. The molecule has 1 aliphatic carbocycles. The SMILES string of the molecule is CCC(C)(C#N)C(=O)NCC1CCCCCC1. The molecule has 96 valence electrons. The Morgan fingerprint density at radius 1 is 1.35 bits per heavy atom. The van der Waals surface area contributed by atoms with Gasteiger partial charge in [0.1, 0.15) is 5.41 Å². The van der Waals surface area contributed by atoms with Crippen molar-refractivity contribution in [3.8, 4) is 6.07 Å². The Bertz CT molecular complexity index is 287. The number of nitriles is 1. The summed E-state index contributed by atoms with van der Waals surface area (Å²) in [5, 5.41) is 12.0. The lowest BCUT2D eigenvalue weighted by molar-refractivity contribution is -0.127. The molecular weight excluding hydrogens is 212 g/mol. The van der Waals surface area contributed by atoms with Crippen molar-refractivity contribution in [1.82, 2.24) is 5.32 Å². The second-order valence-electron chi connectivity index (χ2n) is 5.37. The Morgan fingerprint density at radius 3 is 2.41 bits per heavy atom. The van der Waals surface area contributed by atoms with Crippen LogP contribution in [0.25, 0.3) is 0 Å². The highest BCUT2D eigenvalue weighted by Gasteiger charge is 2.31. The Kier molecular flexibility index (Phi) is 5.47. The van der Waals surface area contributed by atoms with E-state index in [2.05, 4.69) is 11.4 Å². The minimum Gasteiger partial charge on any atom is -0.354 e. The Morgan fingerprint density at radius 2 is 1.94 bits per heavy atom. The number of carbonyl (C=O) groups excluding carboxylic acids is 1. The minimum atomic E-state index is -0.856. The van der Waals surface area contributed by atoms with Crippen LogP contribution in [0.15, 0.2) is 0 Å². The predicted octanol–water partition coefficient (Wildman–Crippen LogP) is 3.01. The molecule has 0 aromatic heterocycles. The first-order valence-electron chi connectivity index (χ1n) is 6.82. The molecule has 0 heterocycles. The smallest absolute Gasteiger partial charge is 0.240 e. The number of amides is 1. The molecule has 0 radical (unpaired) electrons. The fraction of sp³-hybridized carbons (Fsp3) is 0.857. The van der Waals surface area contributed by atoms with Crippen LogP contribution in [0.1, 0.15) is 58.8 Å². The van der Waals surface area contributed by atoms with Crippen LogP contribution in [0.2, 0.25) is 0 Å². The van der Waals surface area contributed by atoms with E-state index in [1.165, 1.54) is 38.5 Å². The molecule has 0 aromatic carbocycles. The topological polar surface area (TPSA) is 52.9 Å². The first-order chi connectivity index (χ1) is 8.12. The Hall–Kier alpha value is -1.04. The second-order valence-corrected chi connectivity index (χ2v) is 5.37. The molecule has 1 N–H and O–H groups in total. The van der Waals surface area contributed by atoms with Crippen molar-refractivity contribution < 1.29 is 4.79 Å². The summed E-state index contributed by atoms with van der Waals surface area (Å²) in [5.74, 6) is 0.507. The largest absolute Gasteiger partial charge is 0.354 e. The van der Waals surface area contributed by atoms with E-state index in [0.717, 1.165) is 6.54 Å². The van der Waals surface area contributed by atoms with Gasteiger partial charge in [0.2, 0.25) is 5.91 Å². The van der Waals surface area contributed by atoms with Gasteiger partial charge in [-0.25, -0.2) is 0 Å². The molecule has 1 unspecified atom stereocenters. The number of hydrogen-bond acceptors (Lipinski definition) is 2. The lowest BCUT2D eigenvalue weighted by Crippen LogP contribution is -2.39. The number of hydrogen-bond donors (Lipinski definition) is 1. The van der Waals surface area contributed by atoms with E-state index in [1.807, 2.05) is 6.92 Å². The van der Waals surface area contributed by atoms with Gasteiger partial charge in [-0.05, 0) is 32.1 Å². The van der Waals surface area contributed by atoms with E-state index in [4.69, 9.17) is 5.26 Å². The first kappa shape index (κ1) is 14.0. The number of rotatable bonds is 4. The molecule has 0 bridgehead atoms. The quantitative estimate of drug-likeness (QED) is 0.763. The summed E-state index contributed by atoms with van der Waals surface area (Å²) >= 11 is 0. The van der Waals surface area contributed by atoms with Gasteiger partial charge in [0.25, 0.3) is 0 Å². The van der Waals surface area contributed by atoms with E-state index < -0.39 is 5.41 Å². The molecule has 1 aliphatic rings. The summed E-state index contributed by atoms with van der Waals surface area (Å²) in [6.07, 6.45) is 8.23. The maximum absolute atomic E-state index is 11.9. The average molecular weight is 236 g/mol. The highest BCUT2D eigenvalue weighted by atomic mass is 16.2. The number of nitrogens with zero attached hydrogens (tertiary/aromatic N) is 1. The fourth-order valence-electron chi connectivity index (χ4n) is 2.29. The van der Waals surface area contributed by atoms with Crippen LogP contribution < -0.4 is 5.32 Å². The van der Waals surface area contributed by atoms with Gasteiger partial charge in [0, 0.05) is 6.54 Å². The first-order valence-corrected chi connectivity index (χ1v) is 6.82. The second kappa shape index (κ2) is 6.64. The van der Waals surface area contributed by atoms with Crippen LogP contribution in [-0.4, -0.2) is 12.5 Å². The monoisotopic (exact) mass is 236 g/mol. The summed E-state index contributed by atoms with van der Waals surface area (Å²) in [6, 6.07) is 2.12. The molecule has 1 fully saturated rings. The molecule has 0 spiro atoms. The summed E-state index contributed by atoms with van der Waals surface area (Å²) in [6.45, 7) is 4.35. The standard InChI is InChI=1S/C14H24N2O/c1-3-14(2,11-15)13(17)16-10-12-8-6-4-5-7-9-12/h12H,3-10H2,1-2H3,(H,16,17). The van der Waals surface area contributed by atoms with Gasteiger partial charge in [-0.1, -0.05) is 32.6 Å². The molecule has 3 heteroatoms. The molecule has 1 saturated carbocycles. The van der Waals surface area contributed by atoms with Crippen LogP contribution >= 0.6 is 0 Å². The minimum absolute atomic E-state index is 0.105. The van der Waals surface area contributed by atoms with Crippen molar-refractivity contribution in [2.24, 2.45) is 11.3 Å². The summed E-state index contributed by atoms with van der Waals surface area (Å²) in [7, 11) is 0. The third kappa shape index (κ3) is 4.03. The fourth-order valence-corrected chi connectivity index (χ4v) is 2.29. The zero-order chi connectivity index (χ0) is 12.7. The zero-order valence-corrected chi connectivity index (χ0v) is 11.1. The highest BCUT2D eigenvalue weighted by molar-refractivity contribution is 5.84. The van der Waals surface area contributed by atoms with Crippen molar-refractivity contribution in [3.05, 3.63) is 0 Å². The highest BCUT2D eigenvalue weighted by Crippen LogP contribution is 2.23. The molecular formula is C14H24N2O. The Labute approximate surface area is 105 Å². The van der Waals surface area contributed by atoms with E-state index in [9.17, 15) is 4.79 Å². The lowest BCUT2D eigenvalue weighted by atomic mass is 9.88. The maximum Gasteiger partial charge on any atom is 0.240 e. The zero-order valence-electron chi connectivity index (χ0n) is 11.1. The molecule has 0 aliphatic heterocycles. The van der Waals surface area contributed by atoms with Gasteiger partial charge in [-0.3, -0.25) is 4.79 Å². The van der Waals surface area contributed by atoms with Gasteiger partial charge in [0.05, 0.1) is 6.07 Å². The third-order valence-corrected chi connectivity index (χ3v) is 3.98. The van der Waals surface area contributed by atoms with Crippen LogP contribution in [-0.2, 0) is 4.79 Å². The molecule has 1 atom stereocenters. The number of carbonyl (C=O) groups is 1. The van der Waals surface area contributed by atoms with E-state index in [0.29, 0.717) is 12.3 Å². The maximum atomic E-state index is 11.9. The normalized spacial score (nSPS) is 21.0. The molecule has 1 rings (SSSR count). The van der Waals surface area contributed by atoms with Crippen molar-refractivity contribution in [2.75, 3.05) is 6.54 Å². The summed E-state index contributed by atoms with van der Waals surface area (Å²) in [4.78, 5) is 11.9. The van der Waals surface area contributed by atoms with Gasteiger partial charge in [0.15, 0.2) is 0 Å². The molecule has 0 aromatic rings. The third-order valence-electron chi connectivity index (χ3n) is 3.98. The van der Waals surface area contributed by atoms with Crippen LogP contribution in [0.4, 0.5) is 0 Å². The number of nitrogens with one attached hydrogen (secondary N) is 1. The lowest BCUT2D eigenvalue weighted by Gasteiger charge is -2.21. The Balaban J connectivity index is 2.39. The van der Waals surface area contributed by atoms with Crippen LogP contribution in [0.5, 0.6) is 0 Å². The van der Waals surface area contributed by atoms with Crippen molar-refractivity contribution in [1.29, 1.82) is 5.26 Å². The van der Waals surface area contributed by atoms with Crippen molar-refractivity contribution in [3.63, 3.8) is 0 Å². The predicted molar refractivity (Wildman–Crippen MR) is 68.2 cm³/mol. The van der Waals surface area contributed by atoms with E-state index >= 15 is 0 Å². The van der Waals surface area contributed by atoms with E-state index in [-0.39, 0.29) is 5.91 Å². The van der Waals surface area contributed by atoms with Gasteiger partial charge in [-0.2, -0.15) is 5.26 Å². The van der Waals surface area contributed by atoms with Crippen LogP contribution in [0, 0.1) is 22.7 Å². The molecule has 0 saturated heterocycles.